The molecule has 3 heterocycles. The summed E-state index contributed by atoms with van der Waals surface area (Å²) in [6.07, 6.45) is 1.81. The van der Waals surface area contributed by atoms with Crippen LogP contribution in [-0.2, 0) is 0 Å². The highest BCUT2D eigenvalue weighted by Crippen LogP contribution is 2.42. The first-order chi connectivity index (χ1) is 10.1. The third kappa shape index (κ3) is 2.12. The van der Waals surface area contributed by atoms with Crippen molar-refractivity contribution in [2.24, 2.45) is 0 Å². The summed E-state index contributed by atoms with van der Waals surface area (Å²) in [4.78, 5) is 6.65. The molecule has 0 amide bonds. The molecule has 0 radical (unpaired) electrons. The summed E-state index contributed by atoms with van der Waals surface area (Å²) in [5.74, 6) is 1.75. The highest BCUT2D eigenvalue weighted by molar-refractivity contribution is 7.00. The third-order valence-corrected chi connectivity index (χ3v) is 4.03. The summed E-state index contributed by atoms with van der Waals surface area (Å²) >= 11 is 1.22. The minimum Gasteiger partial charge on any atom is -0.484 e. The average Bonchev–Trinajstić information content (AvgIpc) is 2.91. The summed E-state index contributed by atoms with van der Waals surface area (Å²) in [5, 5.41) is 0. The Morgan fingerprint density at radius 1 is 1.19 bits per heavy atom. The SMILES string of the molecule is CC1(C)CN(c2ccccn2)c2cc3nsnc3cc2O1. The van der Waals surface area contributed by atoms with Gasteiger partial charge in [0.2, 0.25) is 0 Å². The molecule has 4 rings (SSSR count). The lowest BCUT2D eigenvalue weighted by Crippen LogP contribution is -2.45. The number of benzene rings is 1. The minimum atomic E-state index is -0.290. The zero-order chi connectivity index (χ0) is 14.4. The van der Waals surface area contributed by atoms with E-state index in [2.05, 4.69) is 32.5 Å². The molecule has 21 heavy (non-hydrogen) atoms. The number of fused-ring (bicyclic) bond motifs is 2. The molecule has 3 aromatic rings. The summed E-state index contributed by atoms with van der Waals surface area (Å²) in [6, 6.07) is 9.91. The van der Waals surface area contributed by atoms with Gasteiger partial charge in [0, 0.05) is 12.3 Å². The van der Waals surface area contributed by atoms with E-state index in [4.69, 9.17) is 4.74 Å². The Hall–Kier alpha value is -2.21. The van der Waals surface area contributed by atoms with E-state index in [0.717, 1.165) is 34.8 Å². The Morgan fingerprint density at radius 3 is 2.76 bits per heavy atom. The Balaban J connectivity index is 1.92. The minimum absolute atomic E-state index is 0.290. The Morgan fingerprint density at radius 2 is 2.00 bits per heavy atom. The van der Waals surface area contributed by atoms with Crippen LogP contribution in [0.5, 0.6) is 5.75 Å². The molecule has 106 valence electrons. The Kier molecular flexibility index (Phi) is 2.62. The first-order valence-electron chi connectivity index (χ1n) is 6.76. The molecule has 0 unspecified atom stereocenters. The summed E-state index contributed by atoms with van der Waals surface area (Å²) in [6.45, 7) is 4.89. The quantitative estimate of drug-likeness (QED) is 0.689. The number of anilines is 2. The number of ether oxygens (including phenoxy) is 1. The molecule has 1 aromatic carbocycles. The van der Waals surface area contributed by atoms with Crippen LogP contribution in [0.15, 0.2) is 36.5 Å². The smallest absolute Gasteiger partial charge is 0.146 e. The third-order valence-electron chi connectivity index (χ3n) is 3.48. The number of nitrogens with zero attached hydrogens (tertiary/aromatic N) is 4. The van der Waals surface area contributed by atoms with E-state index >= 15 is 0 Å². The van der Waals surface area contributed by atoms with Crippen LogP contribution in [-0.4, -0.2) is 25.9 Å². The van der Waals surface area contributed by atoms with Crippen LogP contribution in [0.2, 0.25) is 0 Å². The molecule has 0 atom stereocenters. The first-order valence-corrected chi connectivity index (χ1v) is 7.49. The second kappa shape index (κ2) is 4.39. The van der Waals surface area contributed by atoms with Crippen LogP contribution in [0.1, 0.15) is 13.8 Å². The van der Waals surface area contributed by atoms with Gasteiger partial charge in [-0.2, -0.15) is 8.75 Å². The molecule has 0 aliphatic carbocycles. The van der Waals surface area contributed by atoms with Gasteiger partial charge in [0.1, 0.15) is 28.2 Å². The zero-order valence-corrected chi connectivity index (χ0v) is 12.6. The van der Waals surface area contributed by atoms with Crippen LogP contribution < -0.4 is 9.64 Å². The highest BCUT2D eigenvalue weighted by Gasteiger charge is 2.33. The van der Waals surface area contributed by atoms with Crippen LogP contribution in [0, 0.1) is 0 Å². The van der Waals surface area contributed by atoms with Crippen LogP contribution >= 0.6 is 11.7 Å². The molecule has 2 aromatic heterocycles. The maximum absolute atomic E-state index is 6.12. The van der Waals surface area contributed by atoms with Gasteiger partial charge in [0.05, 0.1) is 24.0 Å². The molecule has 1 aliphatic rings. The van der Waals surface area contributed by atoms with E-state index < -0.39 is 0 Å². The molecule has 5 nitrogen and oxygen atoms in total. The molecule has 0 bridgehead atoms. The van der Waals surface area contributed by atoms with Gasteiger partial charge in [0.15, 0.2) is 0 Å². The van der Waals surface area contributed by atoms with Gasteiger partial charge < -0.3 is 9.64 Å². The van der Waals surface area contributed by atoms with E-state index in [1.54, 1.807) is 6.20 Å². The van der Waals surface area contributed by atoms with Crippen molar-refractivity contribution in [1.29, 1.82) is 0 Å². The molecule has 1 aliphatic heterocycles. The van der Waals surface area contributed by atoms with Crippen LogP contribution in [0.25, 0.3) is 11.0 Å². The second-order valence-corrected chi connectivity index (χ2v) is 6.24. The van der Waals surface area contributed by atoms with E-state index in [9.17, 15) is 0 Å². The summed E-state index contributed by atoms with van der Waals surface area (Å²) in [7, 11) is 0. The van der Waals surface area contributed by atoms with Gasteiger partial charge in [0.25, 0.3) is 0 Å². The van der Waals surface area contributed by atoms with Crippen molar-refractivity contribution in [3.05, 3.63) is 36.5 Å². The number of hydrogen-bond acceptors (Lipinski definition) is 6. The first kappa shape index (κ1) is 12.5. The van der Waals surface area contributed by atoms with Crippen molar-refractivity contribution in [3.63, 3.8) is 0 Å². The van der Waals surface area contributed by atoms with Crippen molar-refractivity contribution >= 4 is 34.3 Å². The van der Waals surface area contributed by atoms with E-state index in [0.29, 0.717) is 0 Å². The predicted octanol–water partition coefficient (Wildman–Crippen LogP) is 3.40. The van der Waals surface area contributed by atoms with Gasteiger partial charge in [-0.15, -0.1) is 0 Å². The van der Waals surface area contributed by atoms with E-state index in [1.807, 2.05) is 30.3 Å². The number of aromatic nitrogens is 3. The van der Waals surface area contributed by atoms with E-state index in [-0.39, 0.29) is 5.60 Å². The van der Waals surface area contributed by atoms with Gasteiger partial charge >= 0.3 is 0 Å². The normalized spacial score (nSPS) is 16.6. The van der Waals surface area contributed by atoms with Crippen molar-refractivity contribution in [3.8, 4) is 5.75 Å². The number of pyridine rings is 1. The standard InChI is InChI=1S/C15H14N4OS/c1-15(2)9-19(14-5-3-4-6-16-14)12-7-10-11(18-21-17-10)8-13(12)20-15/h3-8H,9H2,1-2H3. The molecule has 0 spiro atoms. The highest BCUT2D eigenvalue weighted by atomic mass is 32.1. The lowest BCUT2D eigenvalue weighted by molar-refractivity contribution is 0.109. The molecule has 0 fully saturated rings. The fraction of sp³-hybridized carbons (Fsp3) is 0.267. The van der Waals surface area contributed by atoms with Gasteiger partial charge in [-0.25, -0.2) is 4.98 Å². The van der Waals surface area contributed by atoms with Crippen molar-refractivity contribution in [2.45, 2.75) is 19.4 Å². The average molecular weight is 298 g/mol. The van der Waals surface area contributed by atoms with Gasteiger partial charge in [-0.3, -0.25) is 0 Å². The summed E-state index contributed by atoms with van der Waals surface area (Å²) in [5.41, 5.74) is 2.47. The zero-order valence-electron chi connectivity index (χ0n) is 11.8. The fourth-order valence-electron chi connectivity index (χ4n) is 2.61. The molecule has 0 saturated heterocycles. The van der Waals surface area contributed by atoms with Crippen LogP contribution in [0.3, 0.4) is 0 Å². The van der Waals surface area contributed by atoms with Crippen molar-refractivity contribution in [1.82, 2.24) is 13.7 Å². The molecule has 0 N–H and O–H groups in total. The maximum atomic E-state index is 6.12. The monoisotopic (exact) mass is 298 g/mol. The largest absolute Gasteiger partial charge is 0.484 e. The Labute approximate surface area is 126 Å². The Bertz CT molecular complexity index is 800. The van der Waals surface area contributed by atoms with Gasteiger partial charge in [-0.1, -0.05) is 6.07 Å². The topological polar surface area (TPSA) is 51.1 Å². The fourth-order valence-corrected chi connectivity index (χ4v) is 3.12. The lowest BCUT2D eigenvalue weighted by atomic mass is 10.0. The van der Waals surface area contributed by atoms with Crippen LogP contribution in [0.4, 0.5) is 11.5 Å². The molecular weight excluding hydrogens is 284 g/mol. The molecule has 6 heteroatoms. The summed E-state index contributed by atoms with van der Waals surface area (Å²) < 4.78 is 14.7. The molecular formula is C15H14N4OS. The second-order valence-electron chi connectivity index (χ2n) is 5.71. The molecule has 0 saturated carbocycles. The van der Waals surface area contributed by atoms with Crippen molar-refractivity contribution < 1.29 is 4.74 Å². The maximum Gasteiger partial charge on any atom is 0.146 e. The number of hydrogen-bond donors (Lipinski definition) is 0. The number of rotatable bonds is 1. The van der Waals surface area contributed by atoms with Gasteiger partial charge in [-0.05, 0) is 32.0 Å². The lowest BCUT2D eigenvalue weighted by Gasteiger charge is -2.40. The predicted molar refractivity (Wildman–Crippen MR) is 83.4 cm³/mol. The van der Waals surface area contributed by atoms with Crippen molar-refractivity contribution in [2.75, 3.05) is 11.4 Å². The van der Waals surface area contributed by atoms with E-state index in [1.165, 1.54) is 11.7 Å².